The minimum Gasteiger partial charge on any atom is -0.300 e. The summed E-state index contributed by atoms with van der Waals surface area (Å²) < 4.78 is 0. The van der Waals surface area contributed by atoms with Crippen molar-refractivity contribution >= 4 is 5.78 Å². The van der Waals surface area contributed by atoms with Crippen molar-refractivity contribution in [1.82, 2.24) is 0 Å². The number of carbonyl (C=O) groups excluding carboxylic acids is 1. The molecule has 0 unspecified atom stereocenters. The lowest BCUT2D eigenvalue weighted by molar-refractivity contribution is -0.120. The summed E-state index contributed by atoms with van der Waals surface area (Å²) in [6, 6.07) is 0. The van der Waals surface area contributed by atoms with E-state index in [2.05, 4.69) is 19.1 Å². The summed E-state index contributed by atoms with van der Waals surface area (Å²) in [5.41, 5.74) is 0. The summed E-state index contributed by atoms with van der Waals surface area (Å²) in [6.45, 7) is 2.35. The third-order valence-electron chi connectivity index (χ3n) is 7.88. The zero-order chi connectivity index (χ0) is 18.2. The van der Waals surface area contributed by atoms with E-state index in [9.17, 15) is 4.79 Å². The van der Waals surface area contributed by atoms with Crippen LogP contribution in [0.15, 0.2) is 12.2 Å². The maximum Gasteiger partial charge on any atom is 0.132 e. The second-order valence-corrected chi connectivity index (χ2v) is 9.73. The SMILES string of the molecule is CCCC1CCC(C2CCC(CCC=CC3CCC(=O)CC3)CC2)CC1. The lowest BCUT2D eigenvalue weighted by atomic mass is 9.68. The molecule has 3 rings (SSSR count). The molecule has 0 aromatic heterocycles. The molecule has 0 saturated heterocycles. The molecule has 0 aliphatic heterocycles. The first kappa shape index (κ1) is 20.2. The molecule has 0 spiro atoms. The van der Waals surface area contributed by atoms with Crippen molar-refractivity contribution in [2.24, 2.45) is 29.6 Å². The molecule has 26 heavy (non-hydrogen) atoms. The monoisotopic (exact) mass is 358 g/mol. The molecule has 0 N–H and O–H groups in total. The van der Waals surface area contributed by atoms with Gasteiger partial charge >= 0.3 is 0 Å². The zero-order valence-electron chi connectivity index (χ0n) is 17.3. The van der Waals surface area contributed by atoms with Gasteiger partial charge in [0.2, 0.25) is 0 Å². The molecule has 3 aliphatic carbocycles. The van der Waals surface area contributed by atoms with Crippen LogP contribution in [0.25, 0.3) is 0 Å². The van der Waals surface area contributed by atoms with E-state index in [0.717, 1.165) is 49.4 Å². The molecule has 1 heteroatoms. The van der Waals surface area contributed by atoms with Crippen LogP contribution < -0.4 is 0 Å². The van der Waals surface area contributed by atoms with Gasteiger partial charge in [0.25, 0.3) is 0 Å². The standard InChI is InChI=1S/C25H42O/c1-2-5-20-8-14-23(15-9-20)24-16-10-21(11-17-24)6-3-4-7-22-12-18-25(26)19-13-22/h4,7,20-24H,2-3,5-6,8-19H2,1H3. The highest BCUT2D eigenvalue weighted by Crippen LogP contribution is 2.43. The summed E-state index contributed by atoms with van der Waals surface area (Å²) in [7, 11) is 0. The molecule has 0 radical (unpaired) electrons. The minimum atomic E-state index is 0.477. The first-order chi connectivity index (χ1) is 12.7. The summed E-state index contributed by atoms with van der Waals surface area (Å²) in [5, 5.41) is 0. The largest absolute Gasteiger partial charge is 0.300 e. The van der Waals surface area contributed by atoms with Gasteiger partial charge in [0.1, 0.15) is 5.78 Å². The van der Waals surface area contributed by atoms with Crippen LogP contribution in [0, 0.1) is 29.6 Å². The second kappa shape index (κ2) is 10.7. The Bertz CT molecular complexity index is 425. The molecular weight excluding hydrogens is 316 g/mol. The number of hydrogen-bond donors (Lipinski definition) is 0. The van der Waals surface area contributed by atoms with E-state index in [1.54, 1.807) is 0 Å². The third-order valence-corrected chi connectivity index (χ3v) is 7.88. The van der Waals surface area contributed by atoms with E-state index in [-0.39, 0.29) is 0 Å². The predicted molar refractivity (Wildman–Crippen MR) is 111 cm³/mol. The van der Waals surface area contributed by atoms with E-state index in [0.29, 0.717) is 11.7 Å². The Kier molecular flexibility index (Phi) is 8.27. The molecule has 3 saturated carbocycles. The Labute approximate surface area is 162 Å². The van der Waals surface area contributed by atoms with Crippen molar-refractivity contribution in [3.05, 3.63) is 12.2 Å². The Morgan fingerprint density at radius 2 is 1.31 bits per heavy atom. The van der Waals surface area contributed by atoms with Crippen LogP contribution in [0.5, 0.6) is 0 Å². The highest BCUT2D eigenvalue weighted by Gasteiger charge is 2.30. The van der Waals surface area contributed by atoms with E-state index in [1.165, 1.54) is 77.0 Å². The van der Waals surface area contributed by atoms with Crippen LogP contribution in [0.3, 0.4) is 0 Å². The van der Waals surface area contributed by atoms with Crippen LogP contribution in [0.2, 0.25) is 0 Å². The van der Waals surface area contributed by atoms with E-state index < -0.39 is 0 Å². The topological polar surface area (TPSA) is 17.1 Å². The number of ketones is 1. The Hall–Kier alpha value is -0.590. The fraction of sp³-hybridized carbons (Fsp3) is 0.880. The summed E-state index contributed by atoms with van der Waals surface area (Å²) >= 11 is 0. The summed E-state index contributed by atoms with van der Waals surface area (Å²) in [5.74, 6) is 5.33. The predicted octanol–water partition coefficient (Wildman–Crippen LogP) is 7.50. The molecular formula is C25H42O. The number of carbonyl (C=O) groups is 1. The number of Topliss-reactive ketones (excluding diaryl/α,β-unsaturated/α-hetero) is 1. The average Bonchev–Trinajstić information content (AvgIpc) is 2.68. The average molecular weight is 359 g/mol. The van der Waals surface area contributed by atoms with Gasteiger partial charge in [-0.05, 0) is 81.0 Å². The third kappa shape index (κ3) is 6.24. The lowest BCUT2D eigenvalue weighted by Gasteiger charge is -2.38. The summed E-state index contributed by atoms with van der Waals surface area (Å²) in [6.07, 6.45) is 26.3. The van der Waals surface area contributed by atoms with Crippen LogP contribution in [0.4, 0.5) is 0 Å². The quantitative estimate of drug-likeness (QED) is 0.431. The van der Waals surface area contributed by atoms with Gasteiger partial charge in [0.05, 0.1) is 0 Å². The molecule has 0 amide bonds. The highest BCUT2D eigenvalue weighted by atomic mass is 16.1. The Morgan fingerprint density at radius 1 is 0.769 bits per heavy atom. The molecule has 0 heterocycles. The van der Waals surface area contributed by atoms with Gasteiger partial charge in [-0.3, -0.25) is 4.79 Å². The maximum absolute atomic E-state index is 11.3. The van der Waals surface area contributed by atoms with Gasteiger partial charge < -0.3 is 0 Å². The smallest absolute Gasteiger partial charge is 0.132 e. The van der Waals surface area contributed by atoms with Gasteiger partial charge in [0, 0.05) is 12.8 Å². The fourth-order valence-corrected chi connectivity index (χ4v) is 6.08. The van der Waals surface area contributed by atoms with Crippen molar-refractivity contribution < 1.29 is 4.79 Å². The van der Waals surface area contributed by atoms with Gasteiger partial charge in [-0.25, -0.2) is 0 Å². The minimum absolute atomic E-state index is 0.477. The van der Waals surface area contributed by atoms with Crippen LogP contribution in [-0.2, 0) is 4.79 Å². The fourth-order valence-electron chi connectivity index (χ4n) is 6.08. The summed E-state index contributed by atoms with van der Waals surface area (Å²) in [4.78, 5) is 11.3. The normalized spacial score (nSPS) is 34.4. The maximum atomic E-state index is 11.3. The van der Waals surface area contributed by atoms with Gasteiger partial charge in [-0.15, -0.1) is 0 Å². The highest BCUT2D eigenvalue weighted by molar-refractivity contribution is 5.79. The molecule has 3 fully saturated rings. The zero-order valence-corrected chi connectivity index (χ0v) is 17.3. The number of rotatable bonds is 7. The van der Waals surface area contributed by atoms with E-state index >= 15 is 0 Å². The number of hydrogen-bond acceptors (Lipinski definition) is 1. The molecule has 1 nitrogen and oxygen atoms in total. The van der Waals surface area contributed by atoms with Gasteiger partial charge in [-0.2, -0.15) is 0 Å². The molecule has 0 bridgehead atoms. The molecule has 3 aliphatic rings. The molecule has 0 atom stereocenters. The van der Waals surface area contributed by atoms with E-state index in [4.69, 9.17) is 0 Å². The lowest BCUT2D eigenvalue weighted by Crippen LogP contribution is -2.25. The van der Waals surface area contributed by atoms with Crippen LogP contribution >= 0.6 is 0 Å². The first-order valence-electron chi connectivity index (χ1n) is 11.9. The van der Waals surface area contributed by atoms with Gasteiger partial charge in [0.15, 0.2) is 0 Å². The molecule has 0 aromatic rings. The van der Waals surface area contributed by atoms with Crippen molar-refractivity contribution in [3.63, 3.8) is 0 Å². The van der Waals surface area contributed by atoms with Gasteiger partial charge in [-0.1, -0.05) is 57.6 Å². The van der Waals surface area contributed by atoms with Crippen molar-refractivity contribution in [3.8, 4) is 0 Å². The second-order valence-electron chi connectivity index (χ2n) is 9.73. The van der Waals surface area contributed by atoms with Crippen LogP contribution in [0.1, 0.15) is 110 Å². The van der Waals surface area contributed by atoms with Crippen molar-refractivity contribution in [2.45, 2.75) is 110 Å². The van der Waals surface area contributed by atoms with Crippen molar-refractivity contribution in [2.75, 3.05) is 0 Å². The molecule has 0 aromatic carbocycles. The Morgan fingerprint density at radius 3 is 1.85 bits per heavy atom. The Balaban J connectivity index is 1.28. The first-order valence-corrected chi connectivity index (χ1v) is 11.9. The van der Waals surface area contributed by atoms with E-state index in [1.807, 2.05) is 0 Å². The number of allylic oxidation sites excluding steroid dienone is 2. The van der Waals surface area contributed by atoms with Crippen LogP contribution in [-0.4, -0.2) is 5.78 Å². The van der Waals surface area contributed by atoms with Crippen molar-refractivity contribution in [1.29, 1.82) is 0 Å². The molecule has 148 valence electrons.